The Bertz CT molecular complexity index is 1510. The Balaban J connectivity index is 1.44. The molecule has 1 spiro atoms. The highest BCUT2D eigenvalue weighted by Crippen LogP contribution is 2.65. The highest BCUT2D eigenvalue weighted by Gasteiger charge is 2.78. The molecule has 6 rings (SSSR count). The van der Waals surface area contributed by atoms with Crippen molar-refractivity contribution in [3.63, 3.8) is 0 Å². The van der Waals surface area contributed by atoms with Crippen molar-refractivity contribution in [2.45, 2.75) is 69.9 Å². The number of allylic oxidation sites excluding steroid dienone is 2. The van der Waals surface area contributed by atoms with Crippen LogP contribution in [-0.2, 0) is 36.8 Å². The topological polar surface area (TPSA) is 129 Å². The molecule has 0 radical (unpaired) electrons. The third-order valence-electron chi connectivity index (χ3n) is 10.3. The standard InChI is InChI=1S/C36H42N4O5/c1-22-29-27(20-24-14-8-6-9-15-24)39-33(43)36(29)26(30-35(22,3)45-30)18-12-4-5-13-19-37-31(41)23(2)38-32(42)28(40-34(36)44)21-25-16-10-7-11-17-25/h5-18,22-23,26-30H,4,19-21H2,1-3H3,(H,37,41)(H,38,42)(H,39,43)(H,40,44)/b13-5-,18-12+/t22-,23-,26?,27-,28-,29?,30-,35+,36+/m0/s1. The van der Waals surface area contributed by atoms with Crippen LogP contribution in [0.2, 0.25) is 0 Å². The number of hydrogen-bond donors (Lipinski definition) is 4. The van der Waals surface area contributed by atoms with Crippen molar-refractivity contribution >= 4 is 23.6 Å². The molecule has 1 aliphatic carbocycles. The Kier molecular flexibility index (Phi) is 8.39. The number of carbonyl (C=O) groups excluding carboxylic acids is 4. The summed E-state index contributed by atoms with van der Waals surface area (Å²) >= 11 is 0. The average molecular weight is 611 g/mol. The van der Waals surface area contributed by atoms with E-state index in [0.29, 0.717) is 19.4 Å². The minimum Gasteiger partial charge on any atom is -0.365 e. The SMILES string of the molecule is C[C@@H]1NC(=O)[C@H](Cc2ccccc2)NC(=O)[C@@]23C(=O)N[C@@H](Cc4ccccc4)C2[C@H](C)[C@@]2(C)O[C@H]2C3/C=C/C/C=C\CNC1=O. The van der Waals surface area contributed by atoms with E-state index in [1.54, 1.807) is 6.92 Å². The summed E-state index contributed by atoms with van der Waals surface area (Å²) in [7, 11) is 0. The molecule has 9 heteroatoms. The van der Waals surface area contributed by atoms with E-state index in [1.165, 1.54) is 0 Å². The van der Waals surface area contributed by atoms with E-state index in [9.17, 15) is 19.2 Å². The van der Waals surface area contributed by atoms with E-state index in [4.69, 9.17) is 4.74 Å². The lowest BCUT2D eigenvalue weighted by Crippen LogP contribution is -2.64. The molecule has 2 aromatic carbocycles. The van der Waals surface area contributed by atoms with Gasteiger partial charge in [-0.1, -0.05) is 91.9 Å². The molecule has 4 amide bonds. The average Bonchev–Trinajstić information content (AvgIpc) is 3.64. The molecule has 3 fully saturated rings. The summed E-state index contributed by atoms with van der Waals surface area (Å²) in [5, 5.41) is 11.9. The summed E-state index contributed by atoms with van der Waals surface area (Å²) in [4.78, 5) is 55.9. The molecule has 236 valence electrons. The zero-order valence-electron chi connectivity index (χ0n) is 26.0. The molecule has 0 bridgehead atoms. The van der Waals surface area contributed by atoms with Crippen LogP contribution in [0.3, 0.4) is 0 Å². The molecule has 2 unspecified atom stereocenters. The van der Waals surface area contributed by atoms with Gasteiger partial charge in [0.1, 0.15) is 17.5 Å². The lowest BCUT2D eigenvalue weighted by atomic mass is 9.52. The minimum absolute atomic E-state index is 0.124. The van der Waals surface area contributed by atoms with Crippen LogP contribution in [0.1, 0.15) is 38.3 Å². The van der Waals surface area contributed by atoms with Gasteiger partial charge >= 0.3 is 0 Å². The largest absolute Gasteiger partial charge is 0.365 e. The summed E-state index contributed by atoms with van der Waals surface area (Å²) in [6, 6.07) is 17.2. The van der Waals surface area contributed by atoms with Gasteiger partial charge in [0.05, 0.1) is 11.7 Å². The van der Waals surface area contributed by atoms with Crippen molar-refractivity contribution in [1.82, 2.24) is 21.3 Å². The normalized spacial score (nSPS) is 37.9. The number of epoxide rings is 1. The number of hydrogen-bond acceptors (Lipinski definition) is 5. The summed E-state index contributed by atoms with van der Waals surface area (Å²) < 4.78 is 6.39. The van der Waals surface area contributed by atoms with E-state index in [-0.39, 0.29) is 36.3 Å². The van der Waals surface area contributed by atoms with Crippen molar-refractivity contribution in [1.29, 1.82) is 0 Å². The maximum atomic E-state index is 14.9. The second kappa shape index (κ2) is 12.3. The van der Waals surface area contributed by atoms with Crippen LogP contribution in [-0.4, -0.2) is 60.0 Å². The molecule has 2 saturated heterocycles. The lowest BCUT2D eigenvalue weighted by Gasteiger charge is -2.46. The van der Waals surface area contributed by atoms with Crippen molar-refractivity contribution in [2.24, 2.45) is 23.2 Å². The van der Waals surface area contributed by atoms with Crippen molar-refractivity contribution in [2.75, 3.05) is 6.54 Å². The number of ether oxygens (including phenoxy) is 1. The zero-order chi connectivity index (χ0) is 31.8. The van der Waals surface area contributed by atoms with Crippen LogP contribution in [0.5, 0.6) is 0 Å². The van der Waals surface area contributed by atoms with Gasteiger partial charge in [-0.3, -0.25) is 19.2 Å². The first-order valence-electron chi connectivity index (χ1n) is 15.9. The zero-order valence-corrected chi connectivity index (χ0v) is 26.0. The third-order valence-corrected chi connectivity index (χ3v) is 10.3. The second-order valence-electron chi connectivity index (χ2n) is 13.0. The molecule has 45 heavy (non-hydrogen) atoms. The fourth-order valence-corrected chi connectivity index (χ4v) is 7.81. The van der Waals surface area contributed by atoms with Gasteiger partial charge in [-0.05, 0) is 43.7 Å². The molecule has 4 aliphatic rings. The fourth-order valence-electron chi connectivity index (χ4n) is 7.81. The quantitative estimate of drug-likeness (QED) is 0.240. The Morgan fingerprint density at radius 2 is 1.42 bits per heavy atom. The van der Waals surface area contributed by atoms with Gasteiger partial charge in [0.2, 0.25) is 23.6 Å². The van der Waals surface area contributed by atoms with E-state index < -0.39 is 46.7 Å². The van der Waals surface area contributed by atoms with Crippen molar-refractivity contribution < 1.29 is 23.9 Å². The Morgan fingerprint density at radius 3 is 2.11 bits per heavy atom. The molecule has 9 nitrogen and oxygen atoms in total. The highest BCUT2D eigenvalue weighted by molar-refractivity contribution is 6.09. The summed E-state index contributed by atoms with van der Waals surface area (Å²) in [6.07, 6.45) is 8.70. The number of amides is 4. The Morgan fingerprint density at radius 1 is 0.778 bits per heavy atom. The van der Waals surface area contributed by atoms with Crippen LogP contribution in [0.15, 0.2) is 85.0 Å². The van der Waals surface area contributed by atoms with Gasteiger partial charge in [0.25, 0.3) is 0 Å². The highest BCUT2D eigenvalue weighted by atomic mass is 16.6. The van der Waals surface area contributed by atoms with Gasteiger partial charge in [-0.2, -0.15) is 0 Å². The van der Waals surface area contributed by atoms with Crippen molar-refractivity contribution in [3.8, 4) is 0 Å². The van der Waals surface area contributed by atoms with Gasteiger partial charge < -0.3 is 26.0 Å². The minimum atomic E-state index is -1.50. The third kappa shape index (κ3) is 5.58. The Labute approximate surface area is 264 Å². The molecular weight excluding hydrogens is 568 g/mol. The van der Waals surface area contributed by atoms with E-state index >= 15 is 0 Å². The van der Waals surface area contributed by atoms with Gasteiger partial charge in [0.15, 0.2) is 0 Å². The van der Waals surface area contributed by atoms with Crippen LogP contribution in [0.25, 0.3) is 0 Å². The number of fused-ring (bicyclic) bond motifs is 2. The molecule has 3 aliphatic heterocycles. The maximum Gasteiger partial charge on any atom is 0.243 e. The van der Waals surface area contributed by atoms with E-state index in [2.05, 4.69) is 35.1 Å². The number of rotatable bonds is 4. The summed E-state index contributed by atoms with van der Waals surface area (Å²) in [5.74, 6) is -2.71. The smallest absolute Gasteiger partial charge is 0.243 e. The van der Waals surface area contributed by atoms with Crippen LogP contribution in [0, 0.1) is 23.2 Å². The summed E-state index contributed by atoms with van der Waals surface area (Å²) in [6.45, 7) is 6.09. The predicted molar refractivity (Wildman–Crippen MR) is 170 cm³/mol. The monoisotopic (exact) mass is 610 g/mol. The second-order valence-corrected chi connectivity index (χ2v) is 13.0. The van der Waals surface area contributed by atoms with E-state index in [0.717, 1.165) is 11.1 Å². The first-order chi connectivity index (χ1) is 21.7. The van der Waals surface area contributed by atoms with Crippen LogP contribution in [0.4, 0.5) is 0 Å². The molecule has 2 aromatic rings. The van der Waals surface area contributed by atoms with Crippen molar-refractivity contribution in [3.05, 3.63) is 96.1 Å². The Hall–Kier alpha value is -4.24. The maximum absolute atomic E-state index is 14.9. The molecule has 3 heterocycles. The lowest BCUT2D eigenvalue weighted by molar-refractivity contribution is -0.151. The van der Waals surface area contributed by atoms with Gasteiger partial charge in [-0.25, -0.2) is 0 Å². The number of carbonyl (C=O) groups is 4. The van der Waals surface area contributed by atoms with E-state index in [1.807, 2.05) is 85.0 Å². The number of nitrogens with one attached hydrogen (secondary N) is 4. The van der Waals surface area contributed by atoms with Gasteiger partial charge in [-0.15, -0.1) is 0 Å². The first kappa shape index (κ1) is 30.8. The fraction of sp³-hybridized carbons (Fsp3) is 0.444. The first-order valence-corrected chi connectivity index (χ1v) is 15.9. The summed E-state index contributed by atoms with van der Waals surface area (Å²) in [5.41, 5.74) is -0.0831. The van der Waals surface area contributed by atoms with Crippen LogP contribution < -0.4 is 21.3 Å². The van der Waals surface area contributed by atoms with Gasteiger partial charge in [0, 0.05) is 30.8 Å². The molecule has 0 aromatic heterocycles. The molecule has 9 atom stereocenters. The molecular formula is C36H42N4O5. The molecule has 1 saturated carbocycles. The molecule has 4 N–H and O–H groups in total. The number of benzene rings is 2. The van der Waals surface area contributed by atoms with Crippen LogP contribution >= 0.6 is 0 Å². The predicted octanol–water partition coefficient (Wildman–Crippen LogP) is 2.62.